The number of nitrogens with one attached hydrogen (secondary N) is 1. The van der Waals surface area contributed by atoms with Gasteiger partial charge in [0.15, 0.2) is 5.69 Å². The molecule has 0 fully saturated rings. The predicted molar refractivity (Wildman–Crippen MR) is 78.2 cm³/mol. The minimum Gasteiger partial charge on any atom is -0.363 e. The number of hydrogen-bond acceptors (Lipinski definition) is 3. The number of halogens is 5. The second kappa shape index (κ2) is 6.19. The number of alkyl halides is 3. The topological polar surface area (TPSA) is 37.8 Å². The van der Waals surface area contributed by atoms with Gasteiger partial charge in [0.1, 0.15) is 5.82 Å². The summed E-state index contributed by atoms with van der Waals surface area (Å²) in [5, 5.41) is 2.43. The van der Waals surface area contributed by atoms with E-state index < -0.39 is 17.2 Å². The van der Waals surface area contributed by atoms with E-state index in [2.05, 4.69) is 31.2 Å². The van der Waals surface area contributed by atoms with Gasteiger partial charge in [-0.15, -0.1) is 0 Å². The van der Waals surface area contributed by atoms with Crippen LogP contribution in [0.15, 0.2) is 34.8 Å². The van der Waals surface area contributed by atoms with Crippen LogP contribution in [-0.2, 0) is 6.18 Å². The molecular formula is C13H10BrClF3N3. The lowest BCUT2D eigenvalue weighted by molar-refractivity contribution is -0.141. The Morgan fingerprint density at radius 2 is 1.95 bits per heavy atom. The minimum atomic E-state index is -4.57. The fraction of sp³-hybridized carbons (Fsp3) is 0.231. The third-order valence-electron chi connectivity index (χ3n) is 2.70. The largest absolute Gasteiger partial charge is 0.433 e. The fourth-order valence-electron chi connectivity index (χ4n) is 1.72. The second-order valence-corrected chi connectivity index (χ2v) is 5.58. The van der Waals surface area contributed by atoms with Gasteiger partial charge in [-0.1, -0.05) is 28.1 Å². The molecule has 112 valence electrons. The van der Waals surface area contributed by atoms with E-state index in [0.717, 1.165) is 16.1 Å². The maximum atomic E-state index is 12.7. The van der Waals surface area contributed by atoms with E-state index in [1.54, 1.807) is 0 Å². The van der Waals surface area contributed by atoms with Gasteiger partial charge in [-0.2, -0.15) is 13.2 Å². The molecule has 1 unspecified atom stereocenters. The van der Waals surface area contributed by atoms with Gasteiger partial charge in [-0.05, 0) is 36.2 Å². The Kier molecular flexibility index (Phi) is 4.73. The van der Waals surface area contributed by atoms with Crippen LogP contribution in [0.25, 0.3) is 0 Å². The fourth-order valence-corrected chi connectivity index (χ4v) is 2.32. The summed E-state index contributed by atoms with van der Waals surface area (Å²) in [4.78, 5) is 6.95. The lowest BCUT2D eigenvalue weighted by atomic mass is 10.1. The van der Waals surface area contributed by atoms with Crippen LogP contribution >= 0.6 is 27.5 Å². The molecule has 1 aromatic heterocycles. The van der Waals surface area contributed by atoms with E-state index in [1.807, 2.05) is 31.2 Å². The summed E-state index contributed by atoms with van der Waals surface area (Å²) in [6, 6.07) is 8.02. The second-order valence-electron chi connectivity index (χ2n) is 4.33. The van der Waals surface area contributed by atoms with Crippen molar-refractivity contribution in [2.24, 2.45) is 0 Å². The van der Waals surface area contributed by atoms with E-state index in [9.17, 15) is 13.2 Å². The summed E-state index contributed by atoms with van der Waals surface area (Å²) >= 11 is 8.88. The van der Waals surface area contributed by atoms with Crippen LogP contribution in [0.3, 0.4) is 0 Å². The molecule has 1 aromatic carbocycles. The zero-order valence-corrected chi connectivity index (χ0v) is 13.1. The van der Waals surface area contributed by atoms with Crippen LogP contribution in [-0.4, -0.2) is 9.97 Å². The third-order valence-corrected chi connectivity index (χ3v) is 3.36. The number of anilines is 1. The van der Waals surface area contributed by atoms with Gasteiger partial charge in [-0.25, -0.2) is 9.97 Å². The van der Waals surface area contributed by atoms with Crippen LogP contribution in [0.4, 0.5) is 19.0 Å². The summed E-state index contributed by atoms with van der Waals surface area (Å²) in [7, 11) is 0. The van der Waals surface area contributed by atoms with Crippen molar-refractivity contribution in [1.82, 2.24) is 9.97 Å². The molecule has 0 amide bonds. The molecule has 0 aliphatic carbocycles. The zero-order chi connectivity index (χ0) is 15.6. The molecule has 0 bridgehead atoms. The highest BCUT2D eigenvalue weighted by molar-refractivity contribution is 9.10. The van der Waals surface area contributed by atoms with Gasteiger partial charge >= 0.3 is 6.18 Å². The Bertz CT molecular complexity index is 649. The molecule has 3 nitrogen and oxygen atoms in total. The van der Waals surface area contributed by atoms with E-state index in [1.165, 1.54) is 0 Å². The molecule has 0 aliphatic heterocycles. The highest BCUT2D eigenvalue weighted by atomic mass is 79.9. The number of aromatic nitrogens is 2. The summed E-state index contributed by atoms with van der Waals surface area (Å²) < 4.78 is 38.9. The van der Waals surface area contributed by atoms with Crippen LogP contribution in [0.2, 0.25) is 5.28 Å². The first-order valence-electron chi connectivity index (χ1n) is 5.89. The Balaban J connectivity index is 2.25. The summed E-state index contributed by atoms with van der Waals surface area (Å²) in [6.45, 7) is 1.81. The van der Waals surface area contributed by atoms with Crippen LogP contribution in [0, 0.1) is 0 Å². The summed E-state index contributed by atoms with van der Waals surface area (Å²) in [6.07, 6.45) is -4.57. The van der Waals surface area contributed by atoms with Gasteiger partial charge < -0.3 is 5.32 Å². The minimum absolute atomic E-state index is 0.0230. The van der Waals surface area contributed by atoms with Crippen molar-refractivity contribution >= 4 is 33.3 Å². The first kappa shape index (κ1) is 16.0. The molecule has 8 heteroatoms. The molecule has 0 saturated carbocycles. The molecule has 0 aliphatic rings. The summed E-state index contributed by atoms with van der Waals surface area (Å²) in [5.41, 5.74) is -0.181. The maximum absolute atomic E-state index is 12.7. The van der Waals surface area contributed by atoms with Gasteiger partial charge in [0.2, 0.25) is 5.28 Å². The lowest BCUT2D eigenvalue weighted by Gasteiger charge is -2.16. The van der Waals surface area contributed by atoms with Crippen molar-refractivity contribution < 1.29 is 13.2 Å². The van der Waals surface area contributed by atoms with Gasteiger partial charge in [0.25, 0.3) is 0 Å². The Labute approximate surface area is 132 Å². The van der Waals surface area contributed by atoms with E-state index in [4.69, 9.17) is 11.6 Å². The first-order chi connectivity index (χ1) is 9.75. The smallest absolute Gasteiger partial charge is 0.363 e. The SMILES string of the molecule is CC(Nc1cc(C(F)(F)F)nc(Cl)n1)c1cccc(Br)c1. The molecule has 2 aromatic rings. The highest BCUT2D eigenvalue weighted by Crippen LogP contribution is 2.30. The van der Waals surface area contributed by atoms with E-state index in [-0.39, 0.29) is 11.9 Å². The number of rotatable bonds is 3. The molecule has 0 spiro atoms. The van der Waals surface area contributed by atoms with Crippen molar-refractivity contribution in [2.45, 2.75) is 19.1 Å². The van der Waals surface area contributed by atoms with Crippen molar-refractivity contribution in [3.8, 4) is 0 Å². The predicted octanol–water partition coefficient (Wildman–Crippen LogP) is 5.08. The number of nitrogens with zero attached hydrogens (tertiary/aromatic N) is 2. The highest BCUT2D eigenvalue weighted by Gasteiger charge is 2.33. The van der Waals surface area contributed by atoms with Gasteiger partial charge in [-0.3, -0.25) is 0 Å². The standard InChI is InChI=1S/C13H10BrClF3N3/c1-7(8-3-2-4-9(14)5-8)19-11-6-10(13(16,17)18)20-12(15)21-11/h2-7H,1H3,(H,19,20,21). The molecular weight excluding hydrogens is 371 g/mol. The third kappa shape index (κ3) is 4.31. The Morgan fingerprint density at radius 3 is 2.57 bits per heavy atom. The van der Waals surface area contributed by atoms with Crippen LogP contribution < -0.4 is 5.32 Å². The van der Waals surface area contributed by atoms with Crippen molar-refractivity contribution in [2.75, 3.05) is 5.32 Å². The van der Waals surface area contributed by atoms with Gasteiger partial charge in [0.05, 0.1) is 0 Å². The van der Waals surface area contributed by atoms with Crippen molar-refractivity contribution in [3.05, 3.63) is 51.3 Å². The van der Waals surface area contributed by atoms with Crippen molar-refractivity contribution in [1.29, 1.82) is 0 Å². The number of benzene rings is 1. The average Bonchev–Trinajstić information content (AvgIpc) is 2.37. The summed E-state index contributed by atoms with van der Waals surface area (Å²) in [5.74, 6) is 0.0230. The normalized spacial score (nSPS) is 13.0. The Hall–Kier alpha value is -1.34. The monoisotopic (exact) mass is 379 g/mol. The van der Waals surface area contributed by atoms with Crippen LogP contribution in [0.5, 0.6) is 0 Å². The molecule has 2 rings (SSSR count). The van der Waals surface area contributed by atoms with Crippen LogP contribution in [0.1, 0.15) is 24.2 Å². The van der Waals surface area contributed by atoms with E-state index >= 15 is 0 Å². The maximum Gasteiger partial charge on any atom is 0.433 e. The molecule has 21 heavy (non-hydrogen) atoms. The Morgan fingerprint density at radius 1 is 1.24 bits per heavy atom. The molecule has 1 atom stereocenters. The molecule has 0 radical (unpaired) electrons. The number of hydrogen-bond donors (Lipinski definition) is 1. The quantitative estimate of drug-likeness (QED) is 0.754. The average molecular weight is 381 g/mol. The zero-order valence-electron chi connectivity index (χ0n) is 10.7. The van der Waals surface area contributed by atoms with E-state index in [0.29, 0.717) is 0 Å². The first-order valence-corrected chi connectivity index (χ1v) is 7.06. The van der Waals surface area contributed by atoms with Crippen molar-refractivity contribution in [3.63, 3.8) is 0 Å². The molecule has 0 saturated heterocycles. The van der Waals surface area contributed by atoms with Gasteiger partial charge in [0, 0.05) is 16.6 Å². The molecule has 1 heterocycles. The lowest BCUT2D eigenvalue weighted by Crippen LogP contribution is -2.13. The molecule has 1 N–H and O–H groups in total.